The molecule has 1 aromatic rings. The zero-order valence-corrected chi connectivity index (χ0v) is 8.62. The highest BCUT2D eigenvalue weighted by Gasteiger charge is 2.19. The van der Waals surface area contributed by atoms with Gasteiger partial charge in [0.05, 0.1) is 0 Å². The van der Waals surface area contributed by atoms with E-state index in [1.807, 2.05) is 0 Å². The van der Waals surface area contributed by atoms with Gasteiger partial charge in [0.2, 0.25) is 5.95 Å². The highest BCUT2D eigenvalue weighted by molar-refractivity contribution is 5.85. The number of hydrogen-bond acceptors (Lipinski definition) is 4. The van der Waals surface area contributed by atoms with Gasteiger partial charge in [0.25, 0.3) is 0 Å². The second-order valence-electron chi connectivity index (χ2n) is 2.77. The summed E-state index contributed by atoms with van der Waals surface area (Å²) in [7, 11) is 0. The summed E-state index contributed by atoms with van der Waals surface area (Å²) >= 11 is 0. The largest absolute Gasteiger partial charge is 0.367 e. The van der Waals surface area contributed by atoms with Gasteiger partial charge in [-0.05, 0) is 13.0 Å². The normalized spacial score (nSPS) is 20.5. The Bertz CT molecular complexity index is 245. The molecule has 1 aliphatic rings. The first-order chi connectivity index (χ1) is 5.36. The first-order valence-corrected chi connectivity index (χ1v) is 3.75. The molecule has 0 spiro atoms. The number of H-pyrrole nitrogens is 1. The van der Waals surface area contributed by atoms with Crippen LogP contribution in [0.4, 0.5) is 5.95 Å². The number of hydrogen-bond donors (Lipinski definition) is 3. The molecule has 1 saturated heterocycles. The van der Waals surface area contributed by atoms with E-state index < -0.39 is 0 Å². The minimum absolute atomic E-state index is 0. The molecule has 0 bridgehead atoms. The molecule has 1 atom stereocenters. The zero-order valence-electron chi connectivity index (χ0n) is 6.99. The van der Waals surface area contributed by atoms with Gasteiger partial charge in [-0.2, -0.15) is 4.98 Å². The Kier molecular flexibility index (Phi) is 5.05. The number of nitrogens with two attached hydrogens (primary N) is 1. The van der Waals surface area contributed by atoms with E-state index in [2.05, 4.69) is 20.5 Å². The van der Waals surface area contributed by atoms with Gasteiger partial charge in [-0.25, -0.2) is 0 Å². The number of anilines is 1. The standard InChI is InChI=1S/C6H11N5.2ClH/c7-6-9-5(10-11-6)4-1-2-8-3-4;;/h4,8H,1-3H2,(H3,7,9,10,11);2*1H. The Morgan fingerprint density at radius 1 is 1.38 bits per heavy atom. The summed E-state index contributed by atoms with van der Waals surface area (Å²) in [4.78, 5) is 4.06. The molecule has 0 aliphatic carbocycles. The lowest BCUT2D eigenvalue weighted by molar-refractivity contribution is 0.706. The molecular formula is C6H13Cl2N5. The first kappa shape index (κ1) is 12.5. The van der Waals surface area contributed by atoms with Crippen molar-refractivity contribution in [2.75, 3.05) is 18.8 Å². The van der Waals surface area contributed by atoms with Crippen molar-refractivity contribution in [1.82, 2.24) is 20.5 Å². The van der Waals surface area contributed by atoms with Crippen LogP contribution in [0.1, 0.15) is 18.2 Å². The molecule has 1 aromatic heterocycles. The van der Waals surface area contributed by atoms with E-state index in [0.717, 1.165) is 25.3 Å². The van der Waals surface area contributed by atoms with Crippen molar-refractivity contribution in [3.63, 3.8) is 0 Å². The minimum Gasteiger partial charge on any atom is -0.367 e. The van der Waals surface area contributed by atoms with E-state index in [0.29, 0.717) is 11.9 Å². The van der Waals surface area contributed by atoms with E-state index in [1.54, 1.807) is 0 Å². The molecule has 7 heteroatoms. The Hall–Kier alpha value is -0.520. The molecule has 2 rings (SSSR count). The number of rotatable bonds is 1. The van der Waals surface area contributed by atoms with Crippen LogP contribution in [-0.2, 0) is 0 Å². The fraction of sp³-hybridized carbons (Fsp3) is 0.667. The summed E-state index contributed by atoms with van der Waals surface area (Å²) in [5.74, 6) is 1.72. The third-order valence-electron chi connectivity index (χ3n) is 1.97. The second kappa shape index (κ2) is 5.26. The number of nitrogens with one attached hydrogen (secondary N) is 2. The van der Waals surface area contributed by atoms with E-state index in [9.17, 15) is 0 Å². The topological polar surface area (TPSA) is 79.6 Å². The summed E-state index contributed by atoms with van der Waals surface area (Å²) < 4.78 is 0. The molecule has 1 fully saturated rings. The van der Waals surface area contributed by atoms with E-state index >= 15 is 0 Å². The van der Waals surface area contributed by atoms with Crippen molar-refractivity contribution in [2.45, 2.75) is 12.3 Å². The Morgan fingerprint density at radius 2 is 2.15 bits per heavy atom. The van der Waals surface area contributed by atoms with E-state index in [1.165, 1.54) is 0 Å². The van der Waals surface area contributed by atoms with Crippen LogP contribution < -0.4 is 11.1 Å². The predicted octanol–water partition coefficient (Wildman–Crippen LogP) is 0.307. The third-order valence-corrected chi connectivity index (χ3v) is 1.97. The maximum absolute atomic E-state index is 5.37. The van der Waals surface area contributed by atoms with Crippen LogP contribution in [0.3, 0.4) is 0 Å². The van der Waals surface area contributed by atoms with Gasteiger partial charge in [0.15, 0.2) is 0 Å². The molecule has 1 unspecified atom stereocenters. The van der Waals surface area contributed by atoms with Crippen LogP contribution >= 0.6 is 24.8 Å². The fourth-order valence-corrected chi connectivity index (χ4v) is 1.36. The SMILES string of the molecule is Cl.Cl.Nc1n[nH]c(C2CCNC2)n1. The molecule has 4 N–H and O–H groups in total. The maximum atomic E-state index is 5.37. The Balaban J connectivity index is 0.000000720. The lowest BCUT2D eigenvalue weighted by Gasteiger charge is -2.00. The van der Waals surface area contributed by atoms with E-state index in [-0.39, 0.29) is 24.8 Å². The Labute approximate surface area is 88.7 Å². The molecule has 0 aromatic carbocycles. The highest BCUT2D eigenvalue weighted by Crippen LogP contribution is 2.18. The van der Waals surface area contributed by atoms with Crippen molar-refractivity contribution in [2.24, 2.45) is 0 Å². The fourth-order valence-electron chi connectivity index (χ4n) is 1.36. The highest BCUT2D eigenvalue weighted by atomic mass is 35.5. The molecule has 0 amide bonds. The van der Waals surface area contributed by atoms with Crippen molar-refractivity contribution < 1.29 is 0 Å². The number of nitrogen functional groups attached to an aromatic ring is 1. The van der Waals surface area contributed by atoms with Gasteiger partial charge in [0.1, 0.15) is 5.82 Å². The average Bonchev–Trinajstić information content (AvgIpc) is 2.55. The van der Waals surface area contributed by atoms with Gasteiger partial charge in [-0.15, -0.1) is 29.9 Å². The molecule has 0 saturated carbocycles. The zero-order chi connectivity index (χ0) is 7.68. The summed E-state index contributed by atoms with van der Waals surface area (Å²) in [6, 6.07) is 0. The number of aromatic amines is 1. The quantitative estimate of drug-likeness (QED) is 0.643. The number of halogens is 2. The summed E-state index contributed by atoms with van der Waals surface area (Å²) in [6.07, 6.45) is 1.12. The summed E-state index contributed by atoms with van der Waals surface area (Å²) in [6.45, 7) is 2.04. The Morgan fingerprint density at radius 3 is 2.62 bits per heavy atom. The summed E-state index contributed by atoms with van der Waals surface area (Å²) in [5, 5.41) is 9.85. The molecule has 2 heterocycles. The van der Waals surface area contributed by atoms with E-state index in [4.69, 9.17) is 5.73 Å². The van der Waals surface area contributed by atoms with Crippen LogP contribution in [-0.4, -0.2) is 28.3 Å². The molecule has 13 heavy (non-hydrogen) atoms. The predicted molar refractivity (Wildman–Crippen MR) is 55.5 cm³/mol. The van der Waals surface area contributed by atoms with Crippen LogP contribution in [0.15, 0.2) is 0 Å². The van der Waals surface area contributed by atoms with Gasteiger partial charge in [0, 0.05) is 12.5 Å². The van der Waals surface area contributed by atoms with Gasteiger partial charge < -0.3 is 11.1 Å². The average molecular weight is 226 g/mol. The van der Waals surface area contributed by atoms with Gasteiger partial charge in [-0.3, -0.25) is 5.10 Å². The molecule has 1 aliphatic heterocycles. The molecule has 5 nitrogen and oxygen atoms in total. The number of nitrogens with zero attached hydrogens (tertiary/aromatic N) is 2. The first-order valence-electron chi connectivity index (χ1n) is 3.75. The molecule has 0 radical (unpaired) electrons. The lowest BCUT2D eigenvalue weighted by Crippen LogP contribution is -2.08. The van der Waals surface area contributed by atoms with Crippen molar-refractivity contribution in [1.29, 1.82) is 0 Å². The van der Waals surface area contributed by atoms with Crippen molar-refractivity contribution in [3.05, 3.63) is 5.82 Å². The van der Waals surface area contributed by atoms with Crippen LogP contribution in [0, 0.1) is 0 Å². The van der Waals surface area contributed by atoms with Gasteiger partial charge >= 0.3 is 0 Å². The van der Waals surface area contributed by atoms with Crippen molar-refractivity contribution >= 4 is 30.8 Å². The lowest BCUT2D eigenvalue weighted by atomic mass is 10.1. The van der Waals surface area contributed by atoms with Crippen LogP contribution in [0.25, 0.3) is 0 Å². The third kappa shape index (κ3) is 2.72. The summed E-state index contributed by atoms with van der Waals surface area (Å²) in [5.41, 5.74) is 5.37. The van der Waals surface area contributed by atoms with Crippen molar-refractivity contribution in [3.8, 4) is 0 Å². The minimum atomic E-state index is 0. The van der Waals surface area contributed by atoms with Crippen LogP contribution in [0.2, 0.25) is 0 Å². The van der Waals surface area contributed by atoms with Gasteiger partial charge in [-0.1, -0.05) is 0 Å². The molecular weight excluding hydrogens is 213 g/mol. The number of aromatic nitrogens is 3. The second-order valence-corrected chi connectivity index (χ2v) is 2.77. The monoisotopic (exact) mass is 225 g/mol. The maximum Gasteiger partial charge on any atom is 0.239 e. The smallest absolute Gasteiger partial charge is 0.239 e. The van der Waals surface area contributed by atoms with Crippen LogP contribution in [0.5, 0.6) is 0 Å². The molecule has 76 valence electrons.